The summed E-state index contributed by atoms with van der Waals surface area (Å²) in [7, 11) is 0. The fraction of sp³-hybridized carbons (Fsp3) is 0.217. The zero-order valence-electron chi connectivity index (χ0n) is 15.7. The van der Waals surface area contributed by atoms with Gasteiger partial charge in [0.2, 0.25) is 5.91 Å². The number of amides is 2. The van der Waals surface area contributed by atoms with Gasteiger partial charge in [-0.3, -0.25) is 9.59 Å². The van der Waals surface area contributed by atoms with Crippen molar-refractivity contribution in [3.05, 3.63) is 72.3 Å². The molecule has 0 saturated heterocycles. The number of nitrogens with one attached hydrogen (secondary N) is 3. The predicted molar refractivity (Wildman–Crippen MR) is 113 cm³/mol. The molecule has 5 heteroatoms. The fourth-order valence-corrected chi connectivity index (χ4v) is 3.08. The van der Waals surface area contributed by atoms with Crippen molar-refractivity contribution in [3.8, 4) is 0 Å². The molecular formula is C23H23N3O2. The minimum Gasteiger partial charge on any atom is -0.374 e. The van der Waals surface area contributed by atoms with Crippen molar-refractivity contribution in [2.24, 2.45) is 0 Å². The first-order chi connectivity index (χ1) is 13.6. The van der Waals surface area contributed by atoms with E-state index in [1.807, 2.05) is 54.6 Å². The number of carbonyl (C=O) groups is 2. The molecule has 4 rings (SSSR count). The van der Waals surface area contributed by atoms with Crippen LogP contribution in [-0.2, 0) is 4.79 Å². The minimum absolute atomic E-state index is 0.0700. The molecule has 3 N–H and O–H groups in total. The Morgan fingerprint density at radius 2 is 1.68 bits per heavy atom. The quantitative estimate of drug-likeness (QED) is 0.607. The third kappa shape index (κ3) is 4.31. The smallest absolute Gasteiger partial charge is 0.251 e. The standard InChI is InChI=1S/C23H23N3O2/c1-15(22(27)26-21-10-9-16-5-2-3-6-17(16)13-21)24-20-8-4-7-18(14-20)23(28)25-19-11-12-19/h2-10,13-15,19,24H,11-12H2,1H3,(H,25,28)(H,26,27)/t15-/m1/s1. The highest BCUT2D eigenvalue weighted by molar-refractivity contribution is 5.99. The number of hydrogen-bond donors (Lipinski definition) is 3. The van der Waals surface area contributed by atoms with E-state index in [1.54, 1.807) is 19.1 Å². The van der Waals surface area contributed by atoms with Crippen LogP contribution < -0.4 is 16.0 Å². The van der Waals surface area contributed by atoms with Gasteiger partial charge in [0.05, 0.1) is 0 Å². The summed E-state index contributed by atoms with van der Waals surface area (Å²) < 4.78 is 0. The van der Waals surface area contributed by atoms with Crippen molar-refractivity contribution in [2.75, 3.05) is 10.6 Å². The molecule has 0 spiro atoms. The molecule has 1 fully saturated rings. The van der Waals surface area contributed by atoms with Crippen LogP contribution >= 0.6 is 0 Å². The lowest BCUT2D eigenvalue weighted by molar-refractivity contribution is -0.116. The molecule has 1 saturated carbocycles. The highest BCUT2D eigenvalue weighted by Gasteiger charge is 2.24. The Kier molecular flexibility index (Phi) is 4.98. The van der Waals surface area contributed by atoms with Crippen LogP contribution in [0.2, 0.25) is 0 Å². The third-order valence-electron chi connectivity index (χ3n) is 4.83. The Balaban J connectivity index is 1.40. The fourth-order valence-electron chi connectivity index (χ4n) is 3.08. The predicted octanol–water partition coefficient (Wildman–Crippen LogP) is 4.17. The van der Waals surface area contributed by atoms with Crippen molar-refractivity contribution in [1.82, 2.24) is 5.32 Å². The molecule has 0 heterocycles. The Morgan fingerprint density at radius 1 is 0.893 bits per heavy atom. The van der Waals surface area contributed by atoms with Crippen LogP contribution in [0.1, 0.15) is 30.1 Å². The number of anilines is 2. The number of benzene rings is 3. The molecule has 0 radical (unpaired) electrons. The summed E-state index contributed by atoms with van der Waals surface area (Å²) in [5.41, 5.74) is 2.10. The first-order valence-electron chi connectivity index (χ1n) is 9.55. The summed E-state index contributed by atoms with van der Waals surface area (Å²) in [5, 5.41) is 11.3. The summed E-state index contributed by atoms with van der Waals surface area (Å²) in [6, 6.07) is 21.0. The summed E-state index contributed by atoms with van der Waals surface area (Å²) in [4.78, 5) is 24.8. The lowest BCUT2D eigenvalue weighted by Crippen LogP contribution is -2.32. The Morgan fingerprint density at radius 3 is 2.46 bits per heavy atom. The van der Waals surface area contributed by atoms with E-state index in [9.17, 15) is 9.59 Å². The van der Waals surface area contributed by atoms with Crippen molar-refractivity contribution in [3.63, 3.8) is 0 Å². The first-order valence-corrected chi connectivity index (χ1v) is 9.55. The molecule has 0 bridgehead atoms. The van der Waals surface area contributed by atoms with E-state index < -0.39 is 6.04 Å². The van der Waals surface area contributed by atoms with Crippen LogP contribution in [0.4, 0.5) is 11.4 Å². The van der Waals surface area contributed by atoms with E-state index in [4.69, 9.17) is 0 Å². The monoisotopic (exact) mass is 373 g/mol. The molecule has 2 amide bonds. The van der Waals surface area contributed by atoms with Gasteiger partial charge < -0.3 is 16.0 Å². The molecule has 5 nitrogen and oxygen atoms in total. The van der Waals surface area contributed by atoms with Gasteiger partial charge in [0.15, 0.2) is 0 Å². The second-order valence-corrected chi connectivity index (χ2v) is 7.25. The van der Waals surface area contributed by atoms with Gasteiger partial charge in [-0.2, -0.15) is 0 Å². The van der Waals surface area contributed by atoms with E-state index in [-0.39, 0.29) is 11.8 Å². The second-order valence-electron chi connectivity index (χ2n) is 7.25. The lowest BCUT2D eigenvalue weighted by atomic mass is 10.1. The zero-order valence-corrected chi connectivity index (χ0v) is 15.7. The second kappa shape index (κ2) is 7.72. The van der Waals surface area contributed by atoms with Crippen LogP contribution in [0.5, 0.6) is 0 Å². The number of carbonyl (C=O) groups excluding carboxylic acids is 2. The summed E-state index contributed by atoms with van der Waals surface area (Å²) in [5.74, 6) is -0.206. The number of hydrogen-bond acceptors (Lipinski definition) is 3. The number of fused-ring (bicyclic) bond motifs is 1. The summed E-state index contributed by atoms with van der Waals surface area (Å²) in [6.07, 6.45) is 2.10. The largest absolute Gasteiger partial charge is 0.374 e. The van der Waals surface area contributed by atoms with E-state index in [1.165, 1.54) is 0 Å². The lowest BCUT2D eigenvalue weighted by Gasteiger charge is -2.16. The van der Waals surface area contributed by atoms with Gasteiger partial charge in [-0.15, -0.1) is 0 Å². The van der Waals surface area contributed by atoms with Gasteiger partial charge in [0, 0.05) is 23.0 Å². The van der Waals surface area contributed by atoms with Crippen LogP contribution in [0.15, 0.2) is 66.7 Å². The topological polar surface area (TPSA) is 70.2 Å². The maximum Gasteiger partial charge on any atom is 0.251 e. The van der Waals surface area contributed by atoms with Crippen LogP contribution in [0.25, 0.3) is 10.8 Å². The molecule has 1 aliphatic rings. The molecular weight excluding hydrogens is 350 g/mol. The molecule has 0 aliphatic heterocycles. The van der Waals surface area contributed by atoms with E-state index in [2.05, 4.69) is 16.0 Å². The Labute approximate surface area is 164 Å². The molecule has 3 aromatic rings. The number of rotatable bonds is 6. The van der Waals surface area contributed by atoms with Gasteiger partial charge >= 0.3 is 0 Å². The average Bonchev–Trinajstić information content (AvgIpc) is 3.52. The van der Waals surface area contributed by atoms with Gasteiger partial charge in [0.1, 0.15) is 6.04 Å². The maximum atomic E-state index is 12.6. The van der Waals surface area contributed by atoms with E-state index in [0.717, 1.165) is 35.0 Å². The Hall–Kier alpha value is -3.34. The Bertz CT molecular complexity index is 1030. The van der Waals surface area contributed by atoms with Gasteiger partial charge in [-0.05, 0) is 60.9 Å². The normalized spacial score (nSPS) is 14.3. The van der Waals surface area contributed by atoms with Crippen molar-refractivity contribution in [2.45, 2.75) is 31.8 Å². The summed E-state index contributed by atoms with van der Waals surface area (Å²) in [6.45, 7) is 1.80. The highest BCUT2D eigenvalue weighted by atomic mass is 16.2. The maximum absolute atomic E-state index is 12.6. The van der Waals surface area contributed by atoms with Crippen molar-refractivity contribution < 1.29 is 9.59 Å². The van der Waals surface area contributed by atoms with Crippen LogP contribution in [-0.4, -0.2) is 23.9 Å². The molecule has 0 aromatic heterocycles. The van der Waals surface area contributed by atoms with E-state index >= 15 is 0 Å². The zero-order chi connectivity index (χ0) is 19.5. The van der Waals surface area contributed by atoms with Gasteiger partial charge in [0.25, 0.3) is 5.91 Å². The van der Waals surface area contributed by atoms with Crippen LogP contribution in [0.3, 0.4) is 0 Å². The third-order valence-corrected chi connectivity index (χ3v) is 4.83. The minimum atomic E-state index is -0.451. The molecule has 142 valence electrons. The molecule has 0 unspecified atom stereocenters. The summed E-state index contributed by atoms with van der Waals surface area (Å²) >= 11 is 0. The molecule has 1 aliphatic carbocycles. The first kappa shape index (κ1) is 18.0. The highest BCUT2D eigenvalue weighted by Crippen LogP contribution is 2.21. The van der Waals surface area contributed by atoms with Crippen molar-refractivity contribution in [1.29, 1.82) is 0 Å². The SMILES string of the molecule is C[C@@H](Nc1cccc(C(=O)NC2CC2)c1)C(=O)Nc1ccc2ccccc2c1. The van der Waals surface area contributed by atoms with Crippen LogP contribution in [0, 0.1) is 0 Å². The average molecular weight is 373 g/mol. The van der Waals surface area contributed by atoms with Crippen molar-refractivity contribution >= 4 is 34.0 Å². The molecule has 3 aromatic carbocycles. The van der Waals surface area contributed by atoms with Gasteiger partial charge in [-0.1, -0.05) is 36.4 Å². The van der Waals surface area contributed by atoms with E-state index in [0.29, 0.717) is 11.6 Å². The molecule has 28 heavy (non-hydrogen) atoms. The van der Waals surface area contributed by atoms with Gasteiger partial charge in [-0.25, -0.2) is 0 Å². The molecule has 1 atom stereocenters.